The number of nitrogens with two attached hydrogens (primary N) is 1. The second-order valence-corrected chi connectivity index (χ2v) is 7.96. The molecule has 1 atom stereocenters. The maximum atomic E-state index is 14.6. The summed E-state index contributed by atoms with van der Waals surface area (Å²) in [5, 5.41) is 3.51. The Morgan fingerprint density at radius 2 is 2.00 bits per heavy atom. The molecule has 172 valence electrons. The zero-order valence-corrected chi connectivity index (χ0v) is 18.0. The van der Waals surface area contributed by atoms with Crippen LogP contribution < -0.4 is 16.1 Å². The van der Waals surface area contributed by atoms with Gasteiger partial charge in [-0.1, -0.05) is 18.2 Å². The highest BCUT2D eigenvalue weighted by atomic mass is 32.1. The first-order valence-electron chi connectivity index (χ1n) is 9.74. The minimum Gasteiger partial charge on any atom is -0.375 e. The van der Waals surface area contributed by atoms with Gasteiger partial charge in [0.15, 0.2) is 5.11 Å². The summed E-state index contributed by atoms with van der Waals surface area (Å²) in [7, 11) is 1.73. The Hall–Kier alpha value is -2.79. The molecule has 0 amide bonds. The average Bonchev–Trinajstić information content (AvgIpc) is 3.20. The molecule has 0 spiro atoms. The second kappa shape index (κ2) is 9.78. The van der Waals surface area contributed by atoms with Gasteiger partial charge in [-0.2, -0.15) is 18.3 Å². The zero-order valence-electron chi connectivity index (χ0n) is 17.2. The number of hydrazone groups is 1. The molecule has 3 rings (SSSR count). The number of hydrogen-bond acceptors (Lipinski definition) is 4. The van der Waals surface area contributed by atoms with Crippen LogP contribution in [0.2, 0.25) is 0 Å². The predicted molar refractivity (Wildman–Crippen MR) is 117 cm³/mol. The number of hydrogen-bond donors (Lipinski definition) is 2. The molecular weight excluding hydrogens is 449 g/mol. The fourth-order valence-corrected chi connectivity index (χ4v) is 3.76. The molecular formula is C21H22F5N5S. The first-order valence-corrected chi connectivity index (χ1v) is 10.1. The van der Waals surface area contributed by atoms with Crippen LogP contribution in [0, 0.1) is 11.6 Å². The van der Waals surface area contributed by atoms with Crippen LogP contribution in [0.1, 0.15) is 23.1 Å². The fourth-order valence-electron chi connectivity index (χ4n) is 3.71. The summed E-state index contributed by atoms with van der Waals surface area (Å²) in [4.78, 5) is 3.49. The molecule has 0 aliphatic carbocycles. The molecule has 0 saturated carbocycles. The standard InChI is InChI=1S/C21H22F5N5S/c1-30(11-13-4-2-3-5-16(13)21(24,25)26)15-6-7-31(12-15)19-9-17(22)14(8-18(19)23)10-28-29-20(27)32/h2-5,8-10,15H,6-7,11-12H2,1H3,(H3,27,29,32)/t15-/m1/s1. The molecule has 0 bridgehead atoms. The lowest BCUT2D eigenvalue weighted by molar-refractivity contribution is -0.138. The Kier molecular flexibility index (Phi) is 7.29. The highest BCUT2D eigenvalue weighted by Crippen LogP contribution is 2.33. The van der Waals surface area contributed by atoms with Crippen molar-refractivity contribution in [2.24, 2.45) is 10.8 Å². The van der Waals surface area contributed by atoms with Gasteiger partial charge >= 0.3 is 6.18 Å². The Morgan fingerprint density at radius 1 is 1.28 bits per heavy atom. The van der Waals surface area contributed by atoms with Crippen molar-refractivity contribution in [2.75, 3.05) is 25.0 Å². The summed E-state index contributed by atoms with van der Waals surface area (Å²) in [6, 6.07) is 7.42. The van der Waals surface area contributed by atoms with Gasteiger partial charge in [0.05, 0.1) is 17.5 Å². The lowest BCUT2D eigenvalue weighted by Crippen LogP contribution is -2.35. The topological polar surface area (TPSA) is 56.9 Å². The molecule has 32 heavy (non-hydrogen) atoms. The van der Waals surface area contributed by atoms with Crippen molar-refractivity contribution in [3.8, 4) is 0 Å². The van der Waals surface area contributed by atoms with Gasteiger partial charge in [-0.3, -0.25) is 10.3 Å². The number of nitrogens with zero attached hydrogens (tertiary/aromatic N) is 3. The number of rotatable bonds is 6. The maximum absolute atomic E-state index is 14.6. The van der Waals surface area contributed by atoms with Gasteiger partial charge < -0.3 is 10.6 Å². The smallest absolute Gasteiger partial charge is 0.375 e. The fraction of sp³-hybridized carbons (Fsp3) is 0.333. The molecule has 2 aromatic carbocycles. The van der Waals surface area contributed by atoms with E-state index in [0.29, 0.717) is 19.5 Å². The average molecular weight is 471 g/mol. The van der Waals surface area contributed by atoms with Gasteiger partial charge in [-0.25, -0.2) is 8.78 Å². The van der Waals surface area contributed by atoms with E-state index in [1.165, 1.54) is 12.1 Å². The highest BCUT2D eigenvalue weighted by Gasteiger charge is 2.34. The molecule has 5 nitrogen and oxygen atoms in total. The molecule has 3 N–H and O–H groups in total. The molecule has 2 aromatic rings. The van der Waals surface area contributed by atoms with Crippen molar-refractivity contribution < 1.29 is 22.0 Å². The molecule has 0 unspecified atom stereocenters. The SMILES string of the molecule is CN(Cc1ccccc1C(F)(F)F)[C@@H]1CCN(c2cc(F)c(C=NNC(N)=S)cc2F)C1. The summed E-state index contributed by atoms with van der Waals surface area (Å²) >= 11 is 4.58. The van der Waals surface area contributed by atoms with Crippen LogP contribution in [0.15, 0.2) is 41.5 Å². The van der Waals surface area contributed by atoms with Crippen LogP contribution in [-0.4, -0.2) is 42.4 Å². The monoisotopic (exact) mass is 471 g/mol. The van der Waals surface area contributed by atoms with Crippen LogP contribution in [0.5, 0.6) is 0 Å². The largest absolute Gasteiger partial charge is 0.416 e. The van der Waals surface area contributed by atoms with Crippen LogP contribution in [0.25, 0.3) is 0 Å². The molecule has 1 heterocycles. The van der Waals surface area contributed by atoms with Crippen molar-refractivity contribution in [1.29, 1.82) is 0 Å². The molecule has 0 aromatic heterocycles. The molecule has 1 fully saturated rings. The first-order chi connectivity index (χ1) is 15.1. The second-order valence-electron chi connectivity index (χ2n) is 7.52. The third-order valence-corrected chi connectivity index (χ3v) is 5.41. The third kappa shape index (κ3) is 5.71. The Labute approximate surface area is 187 Å². The summed E-state index contributed by atoms with van der Waals surface area (Å²) in [5.74, 6) is -1.31. The van der Waals surface area contributed by atoms with Crippen molar-refractivity contribution in [3.05, 3.63) is 64.7 Å². The van der Waals surface area contributed by atoms with E-state index in [-0.39, 0.29) is 34.5 Å². The van der Waals surface area contributed by atoms with Crippen LogP contribution in [0.3, 0.4) is 0 Å². The Morgan fingerprint density at radius 3 is 2.69 bits per heavy atom. The minimum absolute atomic E-state index is 0.0772. The van der Waals surface area contributed by atoms with E-state index in [4.69, 9.17) is 5.73 Å². The van der Waals surface area contributed by atoms with E-state index >= 15 is 0 Å². The Balaban J connectivity index is 1.70. The number of nitrogens with one attached hydrogen (secondary N) is 1. The molecule has 11 heteroatoms. The predicted octanol–water partition coefficient (Wildman–Crippen LogP) is 3.86. The van der Waals surface area contributed by atoms with Gasteiger partial charge in [0.2, 0.25) is 0 Å². The normalized spacial score (nSPS) is 16.8. The van der Waals surface area contributed by atoms with E-state index in [2.05, 4.69) is 22.7 Å². The number of alkyl halides is 3. The summed E-state index contributed by atoms with van der Waals surface area (Å²) in [6.45, 7) is 0.899. The quantitative estimate of drug-likeness (QED) is 0.290. The van der Waals surface area contributed by atoms with E-state index in [1.807, 2.05) is 0 Å². The summed E-state index contributed by atoms with van der Waals surface area (Å²) < 4.78 is 68.8. The number of thiocarbonyl (C=S) groups is 1. The van der Waals surface area contributed by atoms with E-state index in [9.17, 15) is 22.0 Å². The lowest BCUT2D eigenvalue weighted by Gasteiger charge is -2.26. The maximum Gasteiger partial charge on any atom is 0.416 e. The molecule has 0 radical (unpaired) electrons. The molecule has 1 saturated heterocycles. The highest BCUT2D eigenvalue weighted by molar-refractivity contribution is 7.80. The van der Waals surface area contributed by atoms with Gasteiger partial charge in [0.1, 0.15) is 11.6 Å². The van der Waals surface area contributed by atoms with Gasteiger partial charge in [-0.15, -0.1) is 0 Å². The van der Waals surface area contributed by atoms with E-state index in [1.54, 1.807) is 22.9 Å². The summed E-state index contributed by atoms with van der Waals surface area (Å²) in [5.41, 5.74) is 7.00. The molecule has 1 aliphatic heterocycles. The molecule has 1 aliphatic rings. The van der Waals surface area contributed by atoms with E-state index in [0.717, 1.165) is 24.4 Å². The van der Waals surface area contributed by atoms with Gasteiger partial charge in [-0.05, 0) is 43.4 Å². The number of halogens is 5. The van der Waals surface area contributed by atoms with Crippen molar-refractivity contribution >= 4 is 29.2 Å². The third-order valence-electron chi connectivity index (χ3n) is 5.31. The zero-order chi connectivity index (χ0) is 23.5. The van der Waals surface area contributed by atoms with Crippen LogP contribution in [0.4, 0.5) is 27.6 Å². The minimum atomic E-state index is -4.44. The van der Waals surface area contributed by atoms with Crippen molar-refractivity contribution in [2.45, 2.75) is 25.2 Å². The van der Waals surface area contributed by atoms with Gasteiger partial charge in [0, 0.05) is 37.3 Å². The van der Waals surface area contributed by atoms with Crippen molar-refractivity contribution in [1.82, 2.24) is 10.3 Å². The summed E-state index contributed by atoms with van der Waals surface area (Å²) in [6.07, 6.45) is -2.76. The first kappa shape index (κ1) is 23.9. The van der Waals surface area contributed by atoms with Crippen LogP contribution >= 0.6 is 12.2 Å². The van der Waals surface area contributed by atoms with E-state index < -0.39 is 23.4 Å². The Bertz CT molecular complexity index is 1010. The lowest BCUT2D eigenvalue weighted by atomic mass is 10.1. The number of benzene rings is 2. The van der Waals surface area contributed by atoms with Crippen molar-refractivity contribution in [3.63, 3.8) is 0 Å². The van der Waals surface area contributed by atoms with Gasteiger partial charge in [0.25, 0.3) is 0 Å². The number of anilines is 1. The van der Waals surface area contributed by atoms with Crippen LogP contribution in [-0.2, 0) is 12.7 Å². The number of likely N-dealkylation sites (N-methyl/N-ethyl adjacent to an activating group) is 1.